The third kappa shape index (κ3) is 2.60. The molecule has 16 heavy (non-hydrogen) atoms. The molecule has 88 valence electrons. The fraction of sp³-hybridized carbons (Fsp3) is 0.538. The molecule has 0 spiro atoms. The summed E-state index contributed by atoms with van der Waals surface area (Å²) in [7, 11) is 2.12. The zero-order chi connectivity index (χ0) is 11.5. The lowest BCUT2D eigenvalue weighted by Crippen LogP contribution is -2.33. The predicted molar refractivity (Wildman–Crippen MR) is 63.9 cm³/mol. The number of nitrogens with one attached hydrogen (secondary N) is 1. The summed E-state index contributed by atoms with van der Waals surface area (Å²) in [5.41, 5.74) is 0.761. The monoisotopic (exact) mass is 222 g/mol. The number of likely N-dealkylation sites (N-methyl/N-ethyl adjacent to an activating group) is 1. The number of nitrogens with zero attached hydrogens (tertiary/aromatic N) is 1. The fourth-order valence-electron chi connectivity index (χ4n) is 2.34. The van der Waals surface area contributed by atoms with Gasteiger partial charge in [-0.05, 0) is 33.0 Å². The zero-order valence-corrected chi connectivity index (χ0v) is 9.91. The van der Waals surface area contributed by atoms with E-state index in [4.69, 9.17) is 0 Å². The minimum absolute atomic E-state index is 0.0812. The van der Waals surface area contributed by atoms with E-state index in [-0.39, 0.29) is 11.9 Å². The molecular weight excluding hydrogens is 203 g/mol. The van der Waals surface area contributed by atoms with Crippen LogP contribution in [0, 0.1) is 5.82 Å². The zero-order valence-electron chi connectivity index (χ0n) is 9.91. The Labute approximate surface area is 96.5 Å². The van der Waals surface area contributed by atoms with Crippen LogP contribution in [-0.2, 0) is 0 Å². The van der Waals surface area contributed by atoms with Gasteiger partial charge in [-0.25, -0.2) is 4.39 Å². The summed E-state index contributed by atoms with van der Waals surface area (Å²) in [5.74, 6) is -0.117. The fourth-order valence-corrected chi connectivity index (χ4v) is 2.34. The second-order valence-corrected chi connectivity index (χ2v) is 4.66. The molecular formula is C13H19FN2. The highest BCUT2D eigenvalue weighted by Crippen LogP contribution is 2.18. The highest BCUT2D eigenvalue weighted by Gasteiger charge is 2.21. The molecule has 1 fully saturated rings. The first kappa shape index (κ1) is 11.6. The van der Waals surface area contributed by atoms with Crippen LogP contribution in [0.3, 0.4) is 0 Å². The average molecular weight is 222 g/mol. The molecule has 1 aromatic rings. The van der Waals surface area contributed by atoms with E-state index in [9.17, 15) is 4.39 Å². The third-order valence-electron chi connectivity index (χ3n) is 3.25. The topological polar surface area (TPSA) is 15.3 Å². The van der Waals surface area contributed by atoms with Gasteiger partial charge in [-0.1, -0.05) is 18.2 Å². The molecule has 0 radical (unpaired) electrons. The molecule has 3 heteroatoms. The van der Waals surface area contributed by atoms with Crippen LogP contribution in [-0.4, -0.2) is 31.1 Å². The van der Waals surface area contributed by atoms with Gasteiger partial charge in [0.2, 0.25) is 0 Å². The van der Waals surface area contributed by atoms with Gasteiger partial charge in [0.25, 0.3) is 0 Å². The Morgan fingerprint density at radius 3 is 2.81 bits per heavy atom. The van der Waals surface area contributed by atoms with E-state index in [0.717, 1.165) is 25.1 Å². The Morgan fingerprint density at radius 2 is 2.19 bits per heavy atom. The van der Waals surface area contributed by atoms with Crippen molar-refractivity contribution >= 4 is 0 Å². The normalized spacial score (nSPS) is 23.6. The van der Waals surface area contributed by atoms with Crippen LogP contribution < -0.4 is 5.32 Å². The molecule has 1 aliphatic rings. The Balaban J connectivity index is 1.98. The van der Waals surface area contributed by atoms with Gasteiger partial charge in [-0.3, -0.25) is 0 Å². The van der Waals surface area contributed by atoms with Gasteiger partial charge in [0.05, 0.1) is 0 Å². The van der Waals surface area contributed by atoms with E-state index in [1.807, 2.05) is 19.1 Å². The number of likely N-dealkylation sites (tertiary alicyclic amines) is 1. The first-order valence-electron chi connectivity index (χ1n) is 5.86. The lowest BCUT2D eigenvalue weighted by Gasteiger charge is -2.20. The van der Waals surface area contributed by atoms with E-state index in [0.29, 0.717) is 6.04 Å². The summed E-state index contributed by atoms with van der Waals surface area (Å²) in [6.07, 6.45) is 1.15. The van der Waals surface area contributed by atoms with Crippen molar-refractivity contribution in [2.24, 2.45) is 0 Å². The Morgan fingerprint density at radius 1 is 1.44 bits per heavy atom. The molecule has 1 N–H and O–H groups in total. The molecule has 1 aliphatic heterocycles. The summed E-state index contributed by atoms with van der Waals surface area (Å²) >= 11 is 0. The van der Waals surface area contributed by atoms with Crippen molar-refractivity contribution in [2.75, 3.05) is 20.1 Å². The number of hydrogen-bond acceptors (Lipinski definition) is 2. The van der Waals surface area contributed by atoms with Crippen LogP contribution in [0.5, 0.6) is 0 Å². The molecule has 1 unspecified atom stereocenters. The highest BCUT2D eigenvalue weighted by atomic mass is 19.1. The predicted octanol–water partition coefficient (Wildman–Crippen LogP) is 2.18. The van der Waals surface area contributed by atoms with E-state index < -0.39 is 0 Å². The van der Waals surface area contributed by atoms with Gasteiger partial charge in [-0.15, -0.1) is 0 Å². The number of benzene rings is 1. The van der Waals surface area contributed by atoms with E-state index >= 15 is 0 Å². The summed E-state index contributed by atoms with van der Waals surface area (Å²) in [4.78, 5) is 2.30. The van der Waals surface area contributed by atoms with Crippen molar-refractivity contribution < 1.29 is 4.39 Å². The van der Waals surface area contributed by atoms with Crippen LogP contribution in [0.2, 0.25) is 0 Å². The number of halogens is 1. The molecule has 0 saturated carbocycles. The van der Waals surface area contributed by atoms with Gasteiger partial charge >= 0.3 is 0 Å². The molecule has 0 aromatic heterocycles. The van der Waals surface area contributed by atoms with Crippen molar-refractivity contribution in [3.63, 3.8) is 0 Å². The Kier molecular flexibility index (Phi) is 3.56. The van der Waals surface area contributed by atoms with Crippen LogP contribution in [0.1, 0.15) is 24.9 Å². The van der Waals surface area contributed by atoms with Crippen LogP contribution in [0.4, 0.5) is 4.39 Å². The maximum absolute atomic E-state index is 13.5. The van der Waals surface area contributed by atoms with Gasteiger partial charge in [0.1, 0.15) is 5.82 Å². The first-order chi connectivity index (χ1) is 7.66. The molecule has 2 rings (SSSR count). The van der Waals surface area contributed by atoms with Crippen LogP contribution >= 0.6 is 0 Å². The van der Waals surface area contributed by atoms with Gasteiger partial charge < -0.3 is 10.2 Å². The Hall–Kier alpha value is -0.930. The maximum atomic E-state index is 13.5. The van der Waals surface area contributed by atoms with Crippen molar-refractivity contribution in [1.29, 1.82) is 0 Å². The highest BCUT2D eigenvalue weighted by molar-refractivity contribution is 5.20. The lowest BCUT2D eigenvalue weighted by atomic mass is 10.1. The van der Waals surface area contributed by atoms with Crippen LogP contribution in [0.15, 0.2) is 24.3 Å². The smallest absolute Gasteiger partial charge is 0.127 e. The molecule has 2 atom stereocenters. The largest absolute Gasteiger partial charge is 0.306 e. The second-order valence-electron chi connectivity index (χ2n) is 4.66. The summed E-state index contributed by atoms with van der Waals surface area (Å²) in [6, 6.07) is 7.56. The average Bonchev–Trinajstić information content (AvgIpc) is 2.64. The Bertz CT molecular complexity index is 354. The molecule has 0 aliphatic carbocycles. The van der Waals surface area contributed by atoms with Crippen molar-refractivity contribution in [3.05, 3.63) is 35.6 Å². The number of rotatable bonds is 3. The molecule has 0 amide bonds. The summed E-state index contributed by atoms with van der Waals surface area (Å²) in [6.45, 7) is 4.21. The summed E-state index contributed by atoms with van der Waals surface area (Å²) in [5, 5.41) is 3.48. The van der Waals surface area contributed by atoms with E-state index in [2.05, 4.69) is 17.3 Å². The molecule has 1 saturated heterocycles. The van der Waals surface area contributed by atoms with E-state index in [1.54, 1.807) is 6.07 Å². The minimum Gasteiger partial charge on any atom is -0.306 e. The third-order valence-corrected chi connectivity index (χ3v) is 3.25. The quantitative estimate of drug-likeness (QED) is 0.843. The molecule has 0 bridgehead atoms. The molecule has 1 aromatic carbocycles. The van der Waals surface area contributed by atoms with Gasteiger partial charge in [0, 0.05) is 24.2 Å². The molecule has 1 heterocycles. The van der Waals surface area contributed by atoms with Crippen molar-refractivity contribution in [3.8, 4) is 0 Å². The van der Waals surface area contributed by atoms with Crippen LogP contribution in [0.25, 0.3) is 0 Å². The van der Waals surface area contributed by atoms with Crippen molar-refractivity contribution in [2.45, 2.75) is 25.4 Å². The van der Waals surface area contributed by atoms with Gasteiger partial charge in [0.15, 0.2) is 0 Å². The SMILES string of the molecule is C[C@@H](NC1CCN(C)C1)c1ccccc1F. The van der Waals surface area contributed by atoms with E-state index in [1.165, 1.54) is 6.07 Å². The minimum atomic E-state index is -0.117. The second kappa shape index (κ2) is 4.93. The van der Waals surface area contributed by atoms with Crippen molar-refractivity contribution in [1.82, 2.24) is 10.2 Å². The molecule has 2 nitrogen and oxygen atoms in total. The standard InChI is InChI=1S/C13H19FN2/c1-10(12-5-3-4-6-13(12)14)15-11-7-8-16(2)9-11/h3-6,10-11,15H,7-9H2,1-2H3/t10-,11?/m1/s1. The lowest BCUT2D eigenvalue weighted by molar-refractivity contribution is 0.384. The first-order valence-corrected chi connectivity index (χ1v) is 5.86. The van der Waals surface area contributed by atoms with Gasteiger partial charge in [-0.2, -0.15) is 0 Å². The maximum Gasteiger partial charge on any atom is 0.127 e. The number of hydrogen-bond donors (Lipinski definition) is 1. The summed E-state index contributed by atoms with van der Waals surface area (Å²) < 4.78 is 13.5.